The number of nitrogens with one attached hydrogen (secondary N) is 1. The van der Waals surface area contributed by atoms with Gasteiger partial charge in [0.05, 0.1) is 7.11 Å². The molecular weight excluding hydrogens is 399 g/mol. The number of carbonyl (C=O) groups excluding carboxylic acids is 2. The fraction of sp³-hybridized carbons (Fsp3) is 0.350. The van der Waals surface area contributed by atoms with Crippen molar-refractivity contribution in [2.24, 2.45) is 5.73 Å². The highest BCUT2D eigenvalue weighted by atomic mass is 35.5. The summed E-state index contributed by atoms with van der Waals surface area (Å²) >= 11 is 0. The van der Waals surface area contributed by atoms with Crippen LogP contribution in [0.1, 0.15) is 54.2 Å². The SMILES string of the molecule is CC[C@@H](N[C@H](C)CC(N)=O)c1ccc(OC)c(C(=O)c2ccc(N)nc2)c1F.Cl. The number of primary amides is 1. The number of aromatic nitrogens is 1. The molecule has 5 N–H and O–H groups in total. The second-order valence-corrected chi connectivity index (χ2v) is 6.55. The van der Waals surface area contributed by atoms with Crippen LogP contribution < -0.4 is 21.5 Å². The molecule has 0 saturated carbocycles. The number of methoxy groups -OCH3 is 1. The number of anilines is 1. The Labute approximate surface area is 175 Å². The van der Waals surface area contributed by atoms with Gasteiger partial charge in [0, 0.05) is 35.8 Å². The van der Waals surface area contributed by atoms with E-state index in [0.29, 0.717) is 12.0 Å². The van der Waals surface area contributed by atoms with Crippen LogP contribution in [0.5, 0.6) is 5.75 Å². The Balaban J connectivity index is 0.00000420. The molecule has 2 aromatic rings. The quantitative estimate of drug-likeness (QED) is 0.532. The predicted octanol–water partition coefficient (Wildman–Crippen LogP) is 2.77. The summed E-state index contributed by atoms with van der Waals surface area (Å²) in [5.74, 6) is -1.29. The number of nitrogens with two attached hydrogens (primary N) is 2. The lowest BCUT2D eigenvalue weighted by molar-refractivity contribution is -0.118. The number of rotatable bonds is 9. The van der Waals surface area contributed by atoms with Crippen LogP contribution in [0.25, 0.3) is 0 Å². The molecule has 158 valence electrons. The third-order valence-corrected chi connectivity index (χ3v) is 4.41. The average molecular weight is 425 g/mol. The summed E-state index contributed by atoms with van der Waals surface area (Å²) in [6.45, 7) is 3.67. The van der Waals surface area contributed by atoms with Gasteiger partial charge in [-0.2, -0.15) is 0 Å². The number of nitrogen functional groups attached to an aromatic ring is 1. The molecule has 0 aliphatic rings. The standard InChI is InChI=1S/C20H25FN4O3.ClH/c1-4-14(25-11(2)9-17(23)26)13-6-7-15(28-3)18(19(13)21)20(27)12-5-8-16(22)24-10-12;/h5-8,10-11,14,25H,4,9H2,1-3H3,(H2,22,24)(H2,23,26);1H/t11-,14-;/m1./s1. The number of hydrogen-bond donors (Lipinski definition) is 3. The van der Waals surface area contributed by atoms with Crippen molar-refractivity contribution in [3.05, 3.63) is 53.0 Å². The van der Waals surface area contributed by atoms with Gasteiger partial charge in [-0.3, -0.25) is 9.59 Å². The van der Waals surface area contributed by atoms with Crippen LogP contribution in [-0.2, 0) is 4.79 Å². The number of carbonyl (C=O) groups is 2. The Kier molecular flexibility index (Phi) is 9.00. The first-order valence-corrected chi connectivity index (χ1v) is 8.95. The summed E-state index contributed by atoms with van der Waals surface area (Å²) in [6.07, 6.45) is 1.97. The Morgan fingerprint density at radius 1 is 1.28 bits per heavy atom. The number of amides is 1. The molecule has 2 atom stereocenters. The fourth-order valence-corrected chi connectivity index (χ4v) is 3.04. The van der Waals surface area contributed by atoms with E-state index in [2.05, 4.69) is 10.3 Å². The van der Waals surface area contributed by atoms with Gasteiger partial charge < -0.3 is 21.5 Å². The maximum absolute atomic E-state index is 15.4. The van der Waals surface area contributed by atoms with Crippen molar-refractivity contribution in [2.45, 2.75) is 38.8 Å². The van der Waals surface area contributed by atoms with E-state index < -0.39 is 23.5 Å². The molecule has 0 unspecified atom stereocenters. The van der Waals surface area contributed by atoms with E-state index in [1.165, 1.54) is 25.4 Å². The molecule has 9 heteroatoms. The van der Waals surface area contributed by atoms with Crippen molar-refractivity contribution in [1.29, 1.82) is 0 Å². The number of ether oxygens (including phenoxy) is 1. The van der Waals surface area contributed by atoms with E-state index in [4.69, 9.17) is 16.2 Å². The lowest BCUT2D eigenvalue weighted by Gasteiger charge is -2.23. The topological polar surface area (TPSA) is 120 Å². The second kappa shape index (κ2) is 10.7. The van der Waals surface area contributed by atoms with Crippen LogP contribution in [0.2, 0.25) is 0 Å². The highest BCUT2D eigenvalue weighted by Gasteiger charge is 2.26. The highest BCUT2D eigenvalue weighted by Crippen LogP contribution is 2.31. The van der Waals surface area contributed by atoms with E-state index in [9.17, 15) is 9.59 Å². The Morgan fingerprint density at radius 2 is 1.97 bits per heavy atom. The van der Waals surface area contributed by atoms with E-state index in [0.717, 1.165) is 0 Å². The summed E-state index contributed by atoms with van der Waals surface area (Å²) in [6, 6.07) is 5.44. The molecular formula is C20H26ClFN4O3. The smallest absolute Gasteiger partial charge is 0.218 e. The van der Waals surface area contributed by atoms with Crippen LogP contribution in [0.4, 0.5) is 10.2 Å². The van der Waals surface area contributed by atoms with Crippen LogP contribution in [0.15, 0.2) is 30.5 Å². The monoisotopic (exact) mass is 424 g/mol. The first-order valence-electron chi connectivity index (χ1n) is 8.95. The maximum atomic E-state index is 15.4. The molecule has 1 heterocycles. The molecule has 0 radical (unpaired) electrons. The third-order valence-electron chi connectivity index (χ3n) is 4.41. The lowest BCUT2D eigenvalue weighted by Crippen LogP contribution is -2.34. The van der Waals surface area contributed by atoms with Gasteiger partial charge in [-0.15, -0.1) is 12.4 Å². The first kappa shape index (κ1) is 24.3. The average Bonchev–Trinajstić information content (AvgIpc) is 2.65. The molecule has 0 aliphatic carbocycles. The van der Waals surface area contributed by atoms with Gasteiger partial charge in [0.15, 0.2) is 0 Å². The number of hydrogen-bond acceptors (Lipinski definition) is 6. The Hall–Kier alpha value is -2.71. The van der Waals surface area contributed by atoms with Crippen molar-refractivity contribution < 1.29 is 18.7 Å². The van der Waals surface area contributed by atoms with Crippen LogP contribution in [0.3, 0.4) is 0 Å². The number of ketones is 1. The summed E-state index contributed by atoms with van der Waals surface area (Å²) in [7, 11) is 1.37. The highest BCUT2D eigenvalue weighted by molar-refractivity contribution is 6.11. The molecule has 0 aliphatic heterocycles. The van der Waals surface area contributed by atoms with E-state index in [1.54, 1.807) is 19.1 Å². The maximum Gasteiger partial charge on any atom is 0.218 e. The van der Waals surface area contributed by atoms with E-state index in [1.807, 2.05) is 6.92 Å². The van der Waals surface area contributed by atoms with Crippen molar-refractivity contribution >= 4 is 29.9 Å². The molecule has 0 spiro atoms. The largest absolute Gasteiger partial charge is 0.496 e. The summed E-state index contributed by atoms with van der Waals surface area (Å²) in [5, 5.41) is 3.18. The van der Waals surface area contributed by atoms with Gasteiger partial charge in [0.25, 0.3) is 0 Å². The van der Waals surface area contributed by atoms with Crippen LogP contribution in [0, 0.1) is 5.82 Å². The zero-order chi connectivity index (χ0) is 20.8. The minimum Gasteiger partial charge on any atom is -0.496 e. The summed E-state index contributed by atoms with van der Waals surface area (Å²) < 4.78 is 20.6. The molecule has 1 aromatic heterocycles. The normalized spacial score (nSPS) is 12.6. The minimum absolute atomic E-state index is 0. The molecule has 1 aromatic carbocycles. The molecule has 7 nitrogen and oxygen atoms in total. The van der Waals surface area contributed by atoms with Gasteiger partial charge in [-0.1, -0.05) is 13.0 Å². The van der Waals surface area contributed by atoms with Crippen molar-refractivity contribution in [3.8, 4) is 5.75 Å². The van der Waals surface area contributed by atoms with Crippen LogP contribution in [-0.4, -0.2) is 29.8 Å². The molecule has 2 rings (SSSR count). The number of halogens is 2. The Bertz CT molecular complexity index is 862. The van der Waals surface area contributed by atoms with Gasteiger partial charge in [-0.05, 0) is 31.5 Å². The zero-order valence-corrected chi connectivity index (χ0v) is 17.4. The molecule has 1 amide bonds. The fourth-order valence-electron chi connectivity index (χ4n) is 3.04. The minimum atomic E-state index is -0.674. The molecule has 0 fully saturated rings. The molecule has 0 bridgehead atoms. The van der Waals surface area contributed by atoms with Crippen molar-refractivity contribution in [2.75, 3.05) is 12.8 Å². The van der Waals surface area contributed by atoms with Gasteiger partial charge in [0.2, 0.25) is 11.7 Å². The summed E-state index contributed by atoms with van der Waals surface area (Å²) in [5.41, 5.74) is 11.1. The predicted molar refractivity (Wildman–Crippen MR) is 112 cm³/mol. The first-order chi connectivity index (χ1) is 13.3. The third kappa shape index (κ3) is 5.88. The van der Waals surface area contributed by atoms with Crippen LogP contribution >= 0.6 is 12.4 Å². The van der Waals surface area contributed by atoms with Gasteiger partial charge in [-0.25, -0.2) is 9.37 Å². The lowest BCUT2D eigenvalue weighted by atomic mass is 9.95. The number of pyridine rings is 1. The van der Waals surface area contributed by atoms with Gasteiger partial charge in [0.1, 0.15) is 22.9 Å². The van der Waals surface area contributed by atoms with Crippen molar-refractivity contribution in [3.63, 3.8) is 0 Å². The Morgan fingerprint density at radius 3 is 2.48 bits per heavy atom. The van der Waals surface area contributed by atoms with Crippen molar-refractivity contribution in [1.82, 2.24) is 10.3 Å². The number of nitrogens with zero attached hydrogens (tertiary/aromatic N) is 1. The van der Waals surface area contributed by atoms with E-state index in [-0.39, 0.29) is 47.6 Å². The zero-order valence-electron chi connectivity index (χ0n) is 16.6. The van der Waals surface area contributed by atoms with Gasteiger partial charge >= 0.3 is 0 Å². The molecule has 29 heavy (non-hydrogen) atoms. The molecule has 0 saturated heterocycles. The summed E-state index contributed by atoms with van der Waals surface area (Å²) in [4.78, 5) is 27.9. The number of benzene rings is 1. The van der Waals surface area contributed by atoms with E-state index >= 15 is 4.39 Å². The second-order valence-electron chi connectivity index (χ2n) is 6.55.